The van der Waals surface area contributed by atoms with E-state index in [2.05, 4.69) is 30.1 Å². The van der Waals surface area contributed by atoms with Crippen LogP contribution in [0.5, 0.6) is 0 Å². The Kier molecular flexibility index (Phi) is 6.35. The number of nitrogens with zero attached hydrogens (tertiary/aromatic N) is 8. The smallest absolute Gasteiger partial charge is 0.186 e. The predicted octanol–water partition coefficient (Wildman–Crippen LogP) is 4.57. The quantitative estimate of drug-likeness (QED) is 0.317. The average molecular weight is 614 g/mol. The van der Waals surface area contributed by atoms with Gasteiger partial charge in [0.1, 0.15) is 16.9 Å². The number of anilines is 2. The molecule has 0 radical (unpaired) electrons. The molecule has 0 unspecified atom stereocenters. The first kappa shape index (κ1) is 28.0. The maximum atomic E-state index is 10.8. The summed E-state index contributed by atoms with van der Waals surface area (Å²) in [5.41, 5.74) is 9.39. The molecule has 8 rings (SSSR count). The Hall–Kier alpha value is -3.53. The van der Waals surface area contributed by atoms with Crippen LogP contribution in [0.1, 0.15) is 91.7 Å². The number of nitriles is 1. The van der Waals surface area contributed by atoms with Crippen LogP contribution in [0.25, 0.3) is 22.6 Å². The number of likely N-dealkylation sites (N-methyl/N-ethyl adjacent to an activating group) is 2. The molecule has 4 aromatic rings. The van der Waals surface area contributed by atoms with Gasteiger partial charge in [-0.3, -0.25) is 0 Å². The molecule has 0 aromatic carbocycles. The zero-order chi connectivity index (χ0) is 30.4. The first-order valence-electron chi connectivity index (χ1n) is 15.9. The highest BCUT2D eigenvalue weighted by atomic mass is 32.1. The van der Waals surface area contributed by atoms with E-state index in [9.17, 15) is 10.4 Å². The van der Waals surface area contributed by atoms with Gasteiger partial charge in [0, 0.05) is 30.1 Å². The monoisotopic (exact) mass is 613 g/mol. The van der Waals surface area contributed by atoms with E-state index in [1.807, 2.05) is 22.8 Å². The molecule has 1 spiro atoms. The van der Waals surface area contributed by atoms with Gasteiger partial charge in [-0.05, 0) is 90.3 Å². The summed E-state index contributed by atoms with van der Waals surface area (Å²) in [5, 5.41) is 31.9. The Morgan fingerprint density at radius 1 is 1.23 bits per heavy atom. The van der Waals surface area contributed by atoms with E-state index in [1.165, 1.54) is 11.3 Å². The number of aryl methyl sites for hydroxylation is 1. The van der Waals surface area contributed by atoms with Gasteiger partial charge >= 0.3 is 0 Å². The lowest BCUT2D eigenvalue weighted by Gasteiger charge is -2.39. The molecular weight excluding hydrogens is 574 g/mol. The van der Waals surface area contributed by atoms with Crippen molar-refractivity contribution in [3.63, 3.8) is 0 Å². The minimum Gasteiger partial charge on any atom is -0.389 e. The highest BCUT2D eigenvalue weighted by Gasteiger charge is 2.49. The third-order valence-corrected chi connectivity index (χ3v) is 11.8. The summed E-state index contributed by atoms with van der Waals surface area (Å²) in [6, 6.07) is 2.90. The number of aliphatic hydroxyl groups is 1. The van der Waals surface area contributed by atoms with Gasteiger partial charge in [-0.15, -0.1) is 11.3 Å². The Bertz CT molecular complexity index is 1810. The minimum absolute atomic E-state index is 0.122. The zero-order valence-electron chi connectivity index (χ0n) is 25.6. The molecule has 1 saturated heterocycles. The van der Waals surface area contributed by atoms with Crippen LogP contribution in [0.2, 0.25) is 0 Å². The van der Waals surface area contributed by atoms with Gasteiger partial charge in [0.25, 0.3) is 0 Å². The molecule has 3 N–H and O–H groups in total. The maximum absolute atomic E-state index is 10.8. The molecular formula is C32H39N9O2S. The fraction of sp³-hybridized carbons (Fsp3) is 0.594. The average Bonchev–Trinajstić information content (AvgIpc) is 3.47. The van der Waals surface area contributed by atoms with Gasteiger partial charge < -0.3 is 25.2 Å². The summed E-state index contributed by atoms with van der Waals surface area (Å²) in [7, 11) is 4.16. The van der Waals surface area contributed by atoms with Crippen molar-refractivity contribution < 1.29 is 9.63 Å². The largest absolute Gasteiger partial charge is 0.389 e. The predicted molar refractivity (Wildman–Crippen MR) is 169 cm³/mol. The summed E-state index contributed by atoms with van der Waals surface area (Å²) in [5.74, 6) is 2.09. The molecule has 0 amide bonds. The number of nitrogens with two attached hydrogens (primary N) is 1. The summed E-state index contributed by atoms with van der Waals surface area (Å²) in [4.78, 5) is 15.9. The second kappa shape index (κ2) is 9.99. The van der Waals surface area contributed by atoms with Gasteiger partial charge in [0.05, 0.1) is 34.2 Å². The first-order valence-corrected chi connectivity index (χ1v) is 16.7. The van der Waals surface area contributed by atoms with Crippen molar-refractivity contribution in [2.75, 3.05) is 37.8 Å². The molecule has 3 atom stereocenters. The number of hydrogen-bond acceptors (Lipinski definition) is 11. The summed E-state index contributed by atoms with van der Waals surface area (Å²) < 4.78 is 8.35. The molecule has 1 aliphatic heterocycles. The summed E-state index contributed by atoms with van der Waals surface area (Å²) >= 11 is 1.55. The van der Waals surface area contributed by atoms with Crippen molar-refractivity contribution >= 4 is 33.2 Å². The van der Waals surface area contributed by atoms with Crippen molar-refractivity contribution in [1.29, 1.82) is 5.26 Å². The third-order valence-electron chi connectivity index (χ3n) is 10.7. The molecule has 5 heterocycles. The standard InChI is InChI=1S/C32H39N9O2S/c1-18(22-8-6-14-39(22)2)41-30-21(16-35-41)29(40(3)17-31(42)12-13-31)36-28(37-30)25-19-7-4-10-32(26(19)43-38-25)11-5-9-23-24(32)20(15-33)27(34)44-23/h16,18,22,42H,4-14,17,34H2,1-3H3/t18-,22-,32-/m0/s1. The van der Waals surface area contributed by atoms with E-state index in [1.54, 1.807) is 11.3 Å². The maximum Gasteiger partial charge on any atom is 0.186 e. The van der Waals surface area contributed by atoms with Gasteiger partial charge in [0.2, 0.25) is 0 Å². The van der Waals surface area contributed by atoms with Gasteiger partial charge in [-0.1, -0.05) is 5.16 Å². The number of aromatic nitrogens is 5. The summed E-state index contributed by atoms with van der Waals surface area (Å²) in [6.45, 7) is 3.79. The minimum atomic E-state index is -0.680. The van der Waals surface area contributed by atoms with Crippen molar-refractivity contribution in [3.8, 4) is 17.6 Å². The van der Waals surface area contributed by atoms with E-state index < -0.39 is 11.0 Å². The normalized spacial score (nSPS) is 24.8. The van der Waals surface area contributed by atoms with Crippen LogP contribution in [0.15, 0.2) is 10.7 Å². The molecule has 230 valence electrons. The molecule has 12 heteroatoms. The molecule has 11 nitrogen and oxygen atoms in total. The molecule has 4 aromatic heterocycles. The first-order chi connectivity index (χ1) is 21.2. The lowest BCUT2D eigenvalue weighted by molar-refractivity contribution is 0.158. The number of hydrogen-bond donors (Lipinski definition) is 2. The van der Waals surface area contributed by atoms with Crippen molar-refractivity contribution in [3.05, 3.63) is 33.5 Å². The Morgan fingerprint density at radius 2 is 2.02 bits per heavy atom. The van der Waals surface area contributed by atoms with E-state index in [-0.39, 0.29) is 6.04 Å². The Balaban J connectivity index is 1.28. The van der Waals surface area contributed by atoms with E-state index >= 15 is 0 Å². The number of rotatable bonds is 6. The lowest BCUT2D eigenvalue weighted by atomic mass is 9.63. The van der Waals surface area contributed by atoms with E-state index in [0.29, 0.717) is 34.7 Å². The van der Waals surface area contributed by atoms with Crippen LogP contribution in [0, 0.1) is 11.3 Å². The van der Waals surface area contributed by atoms with Crippen LogP contribution in [0.3, 0.4) is 0 Å². The van der Waals surface area contributed by atoms with E-state index in [4.69, 9.17) is 25.3 Å². The molecule has 0 bridgehead atoms. The van der Waals surface area contributed by atoms with Crippen LogP contribution in [0.4, 0.5) is 10.8 Å². The van der Waals surface area contributed by atoms with Crippen molar-refractivity contribution in [2.24, 2.45) is 0 Å². The molecule has 2 fully saturated rings. The van der Waals surface area contributed by atoms with Gasteiger partial charge in [-0.2, -0.15) is 10.4 Å². The number of likely N-dealkylation sites (tertiary alicyclic amines) is 1. The number of fused-ring (bicyclic) bond motifs is 5. The van der Waals surface area contributed by atoms with E-state index in [0.717, 1.165) is 98.1 Å². The number of nitrogen functional groups attached to an aromatic ring is 1. The van der Waals surface area contributed by atoms with Crippen molar-refractivity contribution in [1.82, 2.24) is 29.8 Å². The second-order valence-corrected chi connectivity index (χ2v) is 14.7. The van der Waals surface area contributed by atoms with Crippen LogP contribution >= 0.6 is 11.3 Å². The fourth-order valence-electron chi connectivity index (χ4n) is 8.35. The topological polar surface area (TPSA) is 146 Å². The summed E-state index contributed by atoms with van der Waals surface area (Å²) in [6.07, 6.45) is 11.3. The Labute approximate surface area is 260 Å². The fourth-order valence-corrected chi connectivity index (χ4v) is 9.51. The van der Waals surface area contributed by atoms with Crippen molar-refractivity contribution in [2.45, 2.75) is 94.2 Å². The highest BCUT2D eigenvalue weighted by molar-refractivity contribution is 7.16. The van der Waals surface area contributed by atoms with Crippen LogP contribution < -0.4 is 10.6 Å². The molecule has 1 saturated carbocycles. The zero-order valence-corrected chi connectivity index (χ0v) is 26.5. The third kappa shape index (κ3) is 4.12. The molecule has 44 heavy (non-hydrogen) atoms. The van der Waals surface area contributed by atoms with Crippen LogP contribution in [-0.2, 0) is 18.3 Å². The van der Waals surface area contributed by atoms with Gasteiger partial charge in [0.15, 0.2) is 22.9 Å². The number of thiophene rings is 1. The lowest BCUT2D eigenvalue weighted by Crippen LogP contribution is -2.35. The SMILES string of the molecule is C[C@@H]([C@@H]1CCCN1C)n1ncc2c(N(C)CC3(O)CC3)nc(-c3noc4c3CCC[C@@]43CCCc4sc(N)c(C#N)c43)nc21. The molecule has 4 aliphatic rings. The second-order valence-electron chi connectivity index (χ2n) is 13.6. The molecule has 3 aliphatic carbocycles. The van der Waals surface area contributed by atoms with Crippen LogP contribution in [-0.4, -0.2) is 73.7 Å². The Morgan fingerprint density at radius 3 is 2.75 bits per heavy atom. The highest BCUT2D eigenvalue weighted by Crippen LogP contribution is 2.55. The van der Waals surface area contributed by atoms with Gasteiger partial charge in [-0.25, -0.2) is 14.6 Å².